The number of methoxy groups -OCH3 is 1. The molecule has 0 aliphatic rings. The maximum absolute atomic E-state index is 14.0. The standard InChI is InChI=1S/C37H49F3O6/c1-10-11-12-13-24-14-17-28(31(18-24)43-9)29-19-25-15-16-27(20-30(25)46-32(29)41)44-21-26(37(38,39)40)22-45-33(42)36(8,35(5,6)7)23-34(2,3)4/h14-20,26H,10-13,21-23H2,1-9H3. The van der Waals surface area contributed by atoms with Crippen molar-refractivity contribution in [2.45, 2.75) is 93.7 Å². The number of ether oxygens (including phenoxy) is 3. The molecule has 3 rings (SSSR count). The van der Waals surface area contributed by atoms with Crippen LogP contribution >= 0.6 is 0 Å². The van der Waals surface area contributed by atoms with Gasteiger partial charge in [0, 0.05) is 17.0 Å². The average molecular weight is 647 g/mol. The second-order valence-electron chi connectivity index (χ2n) is 14.6. The number of carbonyl (C=O) groups is 1. The van der Waals surface area contributed by atoms with Crippen LogP contribution in [0.25, 0.3) is 22.1 Å². The molecule has 0 N–H and O–H groups in total. The highest BCUT2D eigenvalue weighted by atomic mass is 19.4. The Morgan fingerprint density at radius 1 is 0.891 bits per heavy atom. The van der Waals surface area contributed by atoms with E-state index >= 15 is 0 Å². The molecular weight excluding hydrogens is 597 g/mol. The van der Waals surface area contributed by atoms with E-state index in [0.717, 1.165) is 31.2 Å². The molecule has 1 aromatic heterocycles. The van der Waals surface area contributed by atoms with Crippen LogP contribution in [-0.2, 0) is 16.0 Å². The molecule has 0 aliphatic carbocycles. The Bertz CT molecular complexity index is 1540. The number of fused-ring (bicyclic) bond motifs is 1. The van der Waals surface area contributed by atoms with Gasteiger partial charge in [0.1, 0.15) is 36.2 Å². The van der Waals surface area contributed by atoms with Gasteiger partial charge in [-0.1, -0.05) is 73.4 Å². The Balaban J connectivity index is 1.78. The quantitative estimate of drug-likeness (QED) is 0.105. The lowest BCUT2D eigenvalue weighted by molar-refractivity contribution is -0.202. The smallest absolute Gasteiger partial charge is 0.398 e. The number of carbonyl (C=O) groups excluding carboxylic acids is 1. The minimum Gasteiger partial charge on any atom is -0.496 e. The molecule has 9 heteroatoms. The summed E-state index contributed by atoms with van der Waals surface area (Å²) in [5.41, 5.74) is -0.225. The minimum atomic E-state index is -4.68. The van der Waals surface area contributed by atoms with Gasteiger partial charge in [0.05, 0.1) is 18.1 Å². The predicted molar refractivity (Wildman–Crippen MR) is 175 cm³/mol. The van der Waals surface area contributed by atoms with Gasteiger partial charge in [-0.05, 0) is 66.8 Å². The molecule has 2 aromatic carbocycles. The second kappa shape index (κ2) is 14.5. The SMILES string of the molecule is CCCCCc1ccc(-c2cc3ccc(OCC(COC(=O)C(C)(CC(C)(C)C)C(C)(C)C)C(F)(F)F)cc3oc2=O)c(OC)c1. The number of esters is 1. The lowest BCUT2D eigenvalue weighted by Gasteiger charge is -2.43. The van der Waals surface area contributed by atoms with Gasteiger partial charge < -0.3 is 18.6 Å². The van der Waals surface area contributed by atoms with E-state index in [1.54, 1.807) is 26.2 Å². The molecule has 46 heavy (non-hydrogen) atoms. The van der Waals surface area contributed by atoms with E-state index in [0.29, 0.717) is 28.7 Å². The highest BCUT2D eigenvalue weighted by Gasteiger charge is 2.49. The van der Waals surface area contributed by atoms with E-state index < -0.39 is 47.7 Å². The summed E-state index contributed by atoms with van der Waals surface area (Å²) in [7, 11) is 1.55. The number of benzene rings is 2. The van der Waals surface area contributed by atoms with Crippen LogP contribution in [0.5, 0.6) is 11.5 Å². The van der Waals surface area contributed by atoms with Crippen molar-refractivity contribution in [3.63, 3.8) is 0 Å². The number of halogens is 3. The zero-order valence-corrected chi connectivity index (χ0v) is 28.7. The number of hydrogen-bond donors (Lipinski definition) is 0. The first kappa shape index (κ1) is 37.0. The summed E-state index contributed by atoms with van der Waals surface area (Å²) in [5, 5.41) is 0.567. The first-order valence-corrected chi connectivity index (χ1v) is 15.9. The van der Waals surface area contributed by atoms with Crippen molar-refractivity contribution < 1.29 is 36.6 Å². The lowest BCUT2D eigenvalue weighted by Crippen LogP contribution is -2.45. The molecule has 1 heterocycles. The summed E-state index contributed by atoms with van der Waals surface area (Å²) in [4.78, 5) is 26.3. The third kappa shape index (κ3) is 9.29. The highest BCUT2D eigenvalue weighted by Crippen LogP contribution is 2.47. The van der Waals surface area contributed by atoms with Gasteiger partial charge in [-0.15, -0.1) is 0 Å². The molecular formula is C37H49F3O6. The summed E-state index contributed by atoms with van der Waals surface area (Å²) in [6.45, 7) is 13.8. The molecule has 0 amide bonds. The topological polar surface area (TPSA) is 75.0 Å². The van der Waals surface area contributed by atoms with Gasteiger partial charge in [0.2, 0.25) is 0 Å². The number of hydrogen-bond acceptors (Lipinski definition) is 6. The van der Waals surface area contributed by atoms with Crippen LogP contribution in [0.4, 0.5) is 13.2 Å². The molecule has 0 aliphatic heterocycles. The molecule has 0 radical (unpaired) electrons. The van der Waals surface area contributed by atoms with E-state index in [-0.39, 0.29) is 16.7 Å². The fourth-order valence-electron chi connectivity index (χ4n) is 5.54. The summed E-state index contributed by atoms with van der Waals surface area (Å²) >= 11 is 0. The van der Waals surface area contributed by atoms with Gasteiger partial charge in [0.25, 0.3) is 0 Å². The summed E-state index contributed by atoms with van der Waals surface area (Å²) in [5.74, 6) is -2.08. The molecule has 2 atom stereocenters. The highest BCUT2D eigenvalue weighted by molar-refractivity contribution is 5.84. The first-order chi connectivity index (χ1) is 21.3. The Labute approximate surface area is 270 Å². The fourth-order valence-corrected chi connectivity index (χ4v) is 5.54. The van der Waals surface area contributed by atoms with Crippen molar-refractivity contribution in [1.82, 2.24) is 0 Å². The van der Waals surface area contributed by atoms with Crippen LogP contribution in [0.1, 0.15) is 86.6 Å². The molecule has 254 valence electrons. The Morgan fingerprint density at radius 2 is 1.59 bits per heavy atom. The monoisotopic (exact) mass is 646 g/mol. The Hall–Kier alpha value is -3.49. The molecule has 0 saturated heterocycles. The van der Waals surface area contributed by atoms with E-state index in [9.17, 15) is 22.8 Å². The van der Waals surface area contributed by atoms with Crippen molar-refractivity contribution in [2.24, 2.45) is 22.2 Å². The van der Waals surface area contributed by atoms with E-state index in [2.05, 4.69) is 6.92 Å². The molecule has 2 unspecified atom stereocenters. The number of aryl methyl sites for hydroxylation is 1. The third-order valence-electron chi connectivity index (χ3n) is 8.65. The minimum absolute atomic E-state index is 0.0882. The maximum Gasteiger partial charge on any atom is 0.398 e. The van der Waals surface area contributed by atoms with E-state index in [1.165, 1.54) is 12.1 Å². The van der Waals surface area contributed by atoms with Crippen molar-refractivity contribution in [3.8, 4) is 22.6 Å². The zero-order chi connectivity index (χ0) is 34.5. The van der Waals surface area contributed by atoms with E-state index in [1.807, 2.05) is 59.7 Å². The van der Waals surface area contributed by atoms with Gasteiger partial charge in [-0.2, -0.15) is 13.2 Å². The molecule has 0 bridgehead atoms. The van der Waals surface area contributed by atoms with Crippen molar-refractivity contribution >= 4 is 16.9 Å². The van der Waals surface area contributed by atoms with Crippen LogP contribution in [0.3, 0.4) is 0 Å². The second-order valence-corrected chi connectivity index (χ2v) is 14.6. The third-order valence-corrected chi connectivity index (χ3v) is 8.65. The largest absolute Gasteiger partial charge is 0.496 e. The summed E-state index contributed by atoms with van der Waals surface area (Å²) in [6, 6.07) is 11.9. The normalized spacial score (nSPS) is 14.5. The Morgan fingerprint density at radius 3 is 2.17 bits per heavy atom. The predicted octanol–water partition coefficient (Wildman–Crippen LogP) is 9.79. The zero-order valence-electron chi connectivity index (χ0n) is 28.7. The number of rotatable bonds is 13. The lowest BCUT2D eigenvalue weighted by atomic mass is 9.61. The molecule has 6 nitrogen and oxygen atoms in total. The first-order valence-electron chi connectivity index (χ1n) is 15.9. The average Bonchev–Trinajstić information content (AvgIpc) is 2.94. The molecule has 3 aromatic rings. The van der Waals surface area contributed by atoms with Gasteiger partial charge in [-0.25, -0.2) is 4.79 Å². The van der Waals surface area contributed by atoms with Crippen LogP contribution in [0, 0.1) is 22.2 Å². The van der Waals surface area contributed by atoms with Crippen molar-refractivity contribution in [2.75, 3.05) is 20.3 Å². The van der Waals surface area contributed by atoms with Crippen molar-refractivity contribution in [1.29, 1.82) is 0 Å². The summed E-state index contributed by atoms with van der Waals surface area (Å²) < 4.78 is 64.0. The van der Waals surface area contributed by atoms with Crippen LogP contribution in [-0.4, -0.2) is 32.5 Å². The number of alkyl halides is 3. The summed E-state index contributed by atoms with van der Waals surface area (Å²) in [6.07, 6.45) is -0.0202. The van der Waals surface area contributed by atoms with E-state index in [4.69, 9.17) is 18.6 Å². The van der Waals surface area contributed by atoms with Gasteiger partial charge in [-0.3, -0.25) is 4.79 Å². The van der Waals surface area contributed by atoms with Gasteiger partial charge >= 0.3 is 17.8 Å². The number of unbranched alkanes of at least 4 members (excludes halogenated alkanes) is 2. The van der Waals surface area contributed by atoms with Crippen LogP contribution in [0.15, 0.2) is 51.7 Å². The fraction of sp³-hybridized carbons (Fsp3) is 0.568. The van der Waals surface area contributed by atoms with Crippen LogP contribution < -0.4 is 15.1 Å². The van der Waals surface area contributed by atoms with Crippen molar-refractivity contribution in [3.05, 3.63) is 58.4 Å². The van der Waals surface area contributed by atoms with Crippen LogP contribution in [0.2, 0.25) is 0 Å². The Kier molecular flexibility index (Phi) is 11.7. The molecule has 0 saturated carbocycles. The molecule has 0 fully saturated rings. The van der Waals surface area contributed by atoms with Gasteiger partial charge in [0.15, 0.2) is 0 Å². The molecule has 0 spiro atoms. The maximum atomic E-state index is 14.0.